The Labute approximate surface area is 108 Å². The Morgan fingerprint density at radius 2 is 2.33 bits per heavy atom. The highest BCUT2D eigenvalue weighted by atomic mass is 32.1. The fourth-order valence-electron chi connectivity index (χ4n) is 1.74. The van der Waals surface area contributed by atoms with Gasteiger partial charge in [-0.3, -0.25) is 4.68 Å². The van der Waals surface area contributed by atoms with Crippen LogP contribution in [-0.2, 0) is 6.54 Å². The molecule has 0 atom stereocenters. The molecule has 0 bridgehead atoms. The third-order valence-corrected chi connectivity index (χ3v) is 3.73. The molecule has 0 saturated carbocycles. The highest BCUT2D eigenvalue weighted by Gasteiger charge is 2.07. The monoisotopic (exact) mass is 260 g/mol. The van der Waals surface area contributed by atoms with Gasteiger partial charge in [0, 0.05) is 12.7 Å². The van der Waals surface area contributed by atoms with Crippen molar-refractivity contribution < 1.29 is 0 Å². The first-order valence-electron chi connectivity index (χ1n) is 5.61. The van der Waals surface area contributed by atoms with Crippen LogP contribution in [0.2, 0.25) is 0 Å². The third kappa shape index (κ3) is 2.04. The van der Waals surface area contributed by atoms with Crippen LogP contribution in [0.15, 0.2) is 24.1 Å². The zero-order valence-corrected chi connectivity index (χ0v) is 10.7. The lowest BCUT2D eigenvalue weighted by Crippen LogP contribution is -2.12. The van der Waals surface area contributed by atoms with Crippen molar-refractivity contribution in [2.45, 2.75) is 13.5 Å². The van der Waals surface area contributed by atoms with E-state index in [1.165, 1.54) is 5.56 Å². The lowest BCUT2D eigenvalue weighted by molar-refractivity contribution is 0.608. The van der Waals surface area contributed by atoms with E-state index in [1.54, 1.807) is 28.5 Å². The van der Waals surface area contributed by atoms with Gasteiger partial charge in [-0.25, -0.2) is 9.97 Å². The van der Waals surface area contributed by atoms with E-state index in [0.29, 0.717) is 0 Å². The number of aromatic nitrogens is 5. The minimum atomic E-state index is 0.756. The van der Waals surface area contributed by atoms with Gasteiger partial charge < -0.3 is 5.32 Å². The van der Waals surface area contributed by atoms with Crippen molar-refractivity contribution in [3.05, 3.63) is 29.7 Å². The van der Waals surface area contributed by atoms with Crippen molar-refractivity contribution in [3.63, 3.8) is 0 Å². The van der Waals surface area contributed by atoms with Crippen LogP contribution < -0.4 is 5.32 Å². The van der Waals surface area contributed by atoms with Crippen molar-refractivity contribution in [2.75, 3.05) is 11.9 Å². The number of hydrogen-bond donors (Lipinski definition) is 1. The minimum Gasteiger partial charge on any atom is -0.367 e. The van der Waals surface area contributed by atoms with E-state index >= 15 is 0 Å². The number of rotatable bonds is 4. The van der Waals surface area contributed by atoms with E-state index in [1.807, 2.05) is 6.20 Å². The third-order valence-electron chi connectivity index (χ3n) is 2.64. The van der Waals surface area contributed by atoms with Gasteiger partial charge in [0.25, 0.3) is 0 Å². The molecule has 7 heteroatoms. The average molecular weight is 260 g/mol. The molecule has 18 heavy (non-hydrogen) atoms. The average Bonchev–Trinajstić information content (AvgIpc) is 3.01. The Morgan fingerprint density at radius 3 is 3.17 bits per heavy atom. The van der Waals surface area contributed by atoms with Crippen molar-refractivity contribution in [1.29, 1.82) is 0 Å². The summed E-state index contributed by atoms with van der Waals surface area (Å²) in [5.74, 6) is 0.887. The number of fused-ring (bicyclic) bond motifs is 1. The second-order valence-electron chi connectivity index (χ2n) is 3.91. The molecule has 0 amide bonds. The summed E-state index contributed by atoms with van der Waals surface area (Å²) in [6.07, 6.45) is 5.11. The quantitative estimate of drug-likeness (QED) is 0.773. The van der Waals surface area contributed by atoms with Crippen LogP contribution in [0.1, 0.15) is 5.56 Å². The summed E-state index contributed by atoms with van der Waals surface area (Å²) < 4.78 is 2.89. The Kier molecular flexibility index (Phi) is 2.89. The maximum atomic E-state index is 4.29. The molecule has 0 radical (unpaired) electrons. The summed E-state index contributed by atoms with van der Waals surface area (Å²) in [6, 6.07) is 0. The predicted molar refractivity (Wildman–Crippen MR) is 70.7 cm³/mol. The van der Waals surface area contributed by atoms with Gasteiger partial charge in [-0.2, -0.15) is 0 Å². The summed E-state index contributed by atoms with van der Waals surface area (Å²) in [6.45, 7) is 3.58. The summed E-state index contributed by atoms with van der Waals surface area (Å²) in [5, 5.41) is 13.1. The SMILES string of the molecule is Cc1csc2c(NCCn3ccnn3)ncnc12. The summed E-state index contributed by atoms with van der Waals surface area (Å²) in [5.41, 5.74) is 2.22. The number of nitrogens with one attached hydrogen (secondary N) is 1. The van der Waals surface area contributed by atoms with Gasteiger partial charge in [0.2, 0.25) is 0 Å². The van der Waals surface area contributed by atoms with Crippen LogP contribution in [0.4, 0.5) is 5.82 Å². The van der Waals surface area contributed by atoms with E-state index in [9.17, 15) is 0 Å². The fraction of sp³-hybridized carbons (Fsp3) is 0.273. The molecule has 3 heterocycles. The molecular formula is C11H12N6S. The highest BCUT2D eigenvalue weighted by Crippen LogP contribution is 2.28. The number of anilines is 1. The Bertz CT molecular complexity index is 645. The van der Waals surface area contributed by atoms with Gasteiger partial charge in [-0.15, -0.1) is 16.4 Å². The van der Waals surface area contributed by atoms with Crippen LogP contribution in [0, 0.1) is 6.92 Å². The highest BCUT2D eigenvalue weighted by molar-refractivity contribution is 7.18. The Morgan fingerprint density at radius 1 is 1.39 bits per heavy atom. The molecule has 0 aromatic carbocycles. The number of nitrogens with zero attached hydrogens (tertiary/aromatic N) is 5. The van der Waals surface area contributed by atoms with Crippen LogP contribution in [0.25, 0.3) is 10.2 Å². The molecule has 3 aromatic rings. The standard InChI is InChI=1S/C11H12N6S/c1-8-6-18-10-9(8)13-7-14-11(10)12-2-4-17-5-3-15-16-17/h3,5-7H,2,4H2,1H3,(H,12,13,14). The molecule has 1 N–H and O–H groups in total. The smallest absolute Gasteiger partial charge is 0.147 e. The maximum absolute atomic E-state index is 4.29. The second kappa shape index (κ2) is 4.69. The fourth-order valence-corrected chi connectivity index (χ4v) is 2.70. The minimum absolute atomic E-state index is 0.756. The summed E-state index contributed by atoms with van der Waals surface area (Å²) in [7, 11) is 0. The molecule has 92 valence electrons. The van der Waals surface area contributed by atoms with Gasteiger partial charge in [0.1, 0.15) is 12.1 Å². The van der Waals surface area contributed by atoms with Crippen LogP contribution in [0.5, 0.6) is 0 Å². The Balaban J connectivity index is 1.74. The van der Waals surface area contributed by atoms with Gasteiger partial charge in [0.15, 0.2) is 0 Å². The van der Waals surface area contributed by atoms with Crippen LogP contribution in [0.3, 0.4) is 0 Å². The van der Waals surface area contributed by atoms with Gasteiger partial charge in [-0.05, 0) is 17.9 Å². The molecule has 0 aliphatic heterocycles. The number of hydrogen-bond acceptors (Lipinski definition) is 6. The molecular weight excluding hydrogens is 248 g/mol. The summed E-state index contributed by atoms with van der Waals surface area (Å²) in [4.78, 5) is 8.57. The first-order valence-corrected chi connectivity index (χ1v) is 6.49. The molecule has 3 aromatic heterocycles. The molecule has 0 unspecified atom stereocenters. The molecule has 0 aliphatic carbocycles. The predicted octanol–water partition coefficient (Wildman–Crippen LogP) is 1.70. The summed E-state index contributed by atoms with van der Waals surface area (Å²) >= 11 is 1.67. The van der Waals surface area contributed by atoms with E-state index < -0.39 is 0 Å². The molecule has 0 fully saturated rings. The molecule has 0 saturated heterocycles. The van der Waals surface area contributed by atoms with Gasteiger partial charge >= 0.3 is 0 Å². The molecule has 6 nitrogen and oxygen atoms in total. The van der Waals surface area contributed by atoms with Gasteiger partial charge in [0.05, 0.1) is 23.0 Å². The molecule has 0 spiro atoms. The van der Waals surface area contributed by atoms with Crippen molar-refractivity contribution >= 4 is 27.4 Å². The van der Waals surface area contributed by atoms with E-state index in [2.05, 4.69) is 37.9 Å². The van der Waals surface area contributed by atoms with E-state index in [4.69, 9.17) is 0 Å². The van der Waals surface area contributed by atoms with E-state index in [0.717, 1.165) is 29.1 Å². The van der Waals surface area contributed by atoms with Crippen LogP contribution >= 0.6 is 11.3 Å². The lowest BCUT2D eigenvalue weighted by atomic mass is 10.3. The van der Waals surface area contributed by atoms with Crippen molar-refractivity contribution in [2.24, 2.45) is 0 Å². The second-order valence-corrected chi connectivity index (χ2v) is 4.79. The first kappa shape index (κ1) is 11.1. The lowest BCUT2D eigenvalue weighted by Gasteiger charge is -2.05. The topological polar surface area (TPSA) is 68.5 Å². The largest absolute Gasteiger partial charge is 0.367 e. The molecule has 0 aliphatic rings. The van der Waals surface area contributed by atoms with Gasteiger partial charge in [-0.1, -0.05) is 5.21 Å². The number of thiophene rings is 1. The first-order chi connectivity index (χ1) is 8.84. The number of aryl methyl sites for hydroxylation is 1. The maximum Gasteiger partial charge on any atom is 0.147 e. The normalized spacial score (nSPS) is 10.9. The van der Waals surface area contributed by atoms with Crippen LogP contribution in [-0.4, -0.2) is 31.5 Å². The molecule has 3 rings (SSSR count). The van der Waals surface area contributed by atoms with E-state index in [-0.39, 0.29) is 0 Å². The zero-order chi connectivity index (χ0) is 12.4. The van der Waals surface area contributed by atoms with Crippen molar-refractivity contribution in [1.82, 2.24) is 25.0 Å². The Hall–Kier alpha value is -2.02. The zero-order valence-electron chi connectivity index (χ0n) is 9.87. The van der Waals surface area contributed by atoms with Crippen molar-refractivity contribution in [3.8, 4) is 0 Å².